The largest absolute Gasteiger partial charge is 0.395 e. The van der Waals surface area contributed by atoms with Crippen LogP contribution in [-0.4, -0.2) is 17.8 Å². The predicted octanol–water partition coefficient (Wildman–Crippen LogP) is 3.42. The highest BCUT2D eigenvalue weighted by Gasteiger charge is 2.14. The fourth-order valence-corrected chi connectivity index (χ4v) is 2.45. The lowest BCUT2D eigenvalue weighted by Gasteiger charge is -2.17. The van der Waals surface area contributed by atoms with Crippen molar-refractivity contribution in [3.63, 3.8) is 0 Å². The zero-order chi connectivity index (χ0) is 15.2. The number of nitrogens with one attached hydrogen (secondary N) is 1. The van der Waals surface area contributed by atoms with Gasteiger partial charge in [0.15, 0.2) is 0 Å². The van der Waals surface area contributed by atoms with Crippen LogP contribution in [0.25, 0.3) is 0 Å². The Labute approximate surface area is 130 Å². The minimum absolute atomic E-state index is 0.0230. The fourth-order valence-electron chi connectivity index (χ4n) is 2.08. The Morgan fingerprint density at radius 1 is 1.10 bits per heavy atom. The molecule has 1 atom stereocenters. The van der Waals surface area contributed by atoms with Crippen molar-refractivity contribution < 1.29 is 13.9 Å². The molecule has 0 aliphatic carbocycles. The van der Waals surface area contributed by atoms with Crippen molar-refractivity contribution in [3.8, 4) is 0 Å². The Morgan fingerprint density at radius 2 is 1.81 bits per heavy atom. The highest BCUT2D eigenvalue weighted by Crippen LogP contribution is 2.21. The van der Waals surface area contributed by atoms with Crippen LogP contribution in [0.15, 0.2) is 46.9 Å². The van der Waals surface area contributed by atoms with E-state index in [2.05, 4.69) is 21.2 Å². The number of aliphatic hydroxyl groups excluding tert-OH is 1. The van der Waals surface area contributed by atoms with Gasteiger partial charge in [-0.3, -0.25) is 0 Å². The van der Waals surface area contributed by atoms with Crippen LogP contribution in [-0.2, 0) is 13.0 Å². The van der Waals surface area contributed by atoms with Crippen LogP contribution in [0.5, 0.6) is 0 Å². The molecule has 2 nitrogen and oxygen atoms in total. The summed E-state index contributed by atoms with van der Waals surface area (Å²) in [5.74, 6) is -1.21. The standard InChI is InChI=1S/C16H16BrF2NO/c17-14-6-7-15(18)13(16(14)19)9-20-12(10-21)8-11-4-2-1-3-5-11/h1-7,12,20-21H,8-10H2. The lowest BCUT2D eigenvalue weighted by molar-refractivity contribution is 0.240. The molecule has 0 bridgehead atoms. The summed E-state index contributed by atoms with van der Waals surface area (Å²) in [5, 5.41) is 12.4. The first-order valence-electron chi connectivity index (χ1n) is 6.62. The summed E-state index contributed by atoms with van der Waals surface area (Å²) in [6, 6.07) is 11.9. The molecule has 0 spiro atoms. The summed E-state index contributed by atoms with van der Waals surface area (Å²) in [4.78, 5) is 0. The summed E-state index contributed by atoms with van der Waals surface area (Å²) in [6.45, 7) is -0.0820. The van der Waals surface area contributed by atoms with Crippen molar-refractivity contribution in [1.82, 2.24) is 5.32 Å². The van der Waals surface area contributed by atoms with Crippen LogP contribution < -0.4 is 5.32 Å². The Balaban J connectivity index is 2.02. The van der Waals surface area contributed by atoms with Crippen molar-refractivity contribution in [2.45, 2.75) is 19.0 Å². The van der Waals surface area contributed by atoms with E-state index in [0.29, 0.717) is 6.42 Å². The Kier molecular flexibility index (Phi) is 5.85. The van der Waals surface area contributed by atoms with E-state index >= 15 is 0 Å². The molecule has 0 radical (unpaired) electrons. The van der Waals surface area contributed by atoms with Crippen LogP contribution in [0.1, 0.15) is 11.1 Å². The quantitative estimate of drug-likeness (QED) is 0.778. The van der Waals surface area contributed by atoms with Crippen molar-refractivity contribution in [3.05, 3.63) is 69.7 Å². The smallest absolute Gasteiger partial charge is 0.144 e. The molecule has 0 saturated carbocycles. The van der Waals surface area contributed by atoms with Crippen LogP contribution in [0.2, 0.25) is 0 Å². The van der Waals surface area contributed by atoms with Crippen LogP contribution in [0.4, 0.5) is 8.78 Å². The highest BCUT2D eigenvalue weighted by molar-refractivity contribution is 9.10. The Hall–Kier alpha value is -1.30. The first-order chi connectivity index (χ1) is 10.1. The Bertz CT molecular complexity index is 592. The third kappa shape index (κ3) is 4.33. The monoisotopic (exact) mass is 355 g/mol. The molecule has 2 aromatic rings. The maximum absolute atomic E-state index is 13.9. The van der Waals surface area contributed by atoms with Gasteiger partial charge in [0.05, 0.1) is 11.1 Å². The summed E-state index contributed by atoms with van der Waals surface area (Å²) < 4.78 is 27.7. The van der Waals surface area contributed by atoms with E-state index in [1.807, 2.05) is 30.3 Å². The molecule has 2 rings (SSSR count). The fraction of sp³-hybridized carbons (Fsp3) is 0.250. The molecule has 112 valence electrons. The lowest BCUT2D eigenvalue weighted by Crippen LogP contribution is -2.34. The van der Waals surface area contributed by atoms with Gasteiger partial charge in [-0.2, -0.15) is 0 Å². The molecule has 0 amide bonds. The second-order valence-corrected chi connectivity index (χ2v) is 5.63. The second-order valence-electron chi connectivity index (χ2n) is 4.77. The van der Waals surface area contributed by atoms with Crippen molar-refractivity contribution in [2.75, 3.05) is 6.61 Å². The zero-order valence-corrected chi connectivity index (χ0v) is 12.9. The van der Waals surface area contributed by atoms with E-state index in [0.717, 1.165) is 5.56 Å². The SMILES string of the molecule is OCC(Cc1ccccc1)NCc1c(F)ccc(Br)c1F. The molecule has 0 aromatic heterocycles. The first kappa shape index (κ1) is 16.1. The number of hydrogen-bond acceptors (Lipinski definition) is 2. The average Bonchev–Trinajstić information content (AvgIpc) is 2.51. The van der Waals surface area contributed by atoms with Gasteiger partial charge in [-0.05, 0) is 40.0 Å². The van der Waals surface area contributed by atoms with Gasteiger partial charge in [-0.1, -0.05) is 30.3 Å². The molecule has 21 heavy (non-hydrogen) atoms. The molecule has 1 unspecified atom stereocenters. The van der Waals surface area contributed by atoms with Gasteiger partial charge in [-0.15, -0.1) is 0 Å². The third-order valence-electron chi connectivity index (χ3n) is 3.25. The predicted molar refractivity (Wildman–Crippen MR) is 81.9 cm³/mol. The van der Waals surface area contributed by atoms with E-state index in [4.69, 9.17) is 0 Å². The molecule has 0 fully saturated rings. The van der Waals surface area contributed by atoms with E-state index < -0.39 is 11.6 Å². The third-order valence-corrected chi connectivity index (χ3v) is 3.86. The van der Waals surface area contributed by atoms with E-state index in [1.54, 1.807) is 0 Å². The number of rotatable bonds is 6. The maximum atomic E-state index is 13.9. The van der Waals surface area contributed by atoms with Gasteiger partial charge < -0.3 is 10.4 Å². The van der Waals surface area contributed by atoms with Crippen molar-refractivity contribution in [2.24, 2.45) is 0 Å². The van der Waals surface area contributed by atoms with Gasteiger partial charge in [-0.25, -0.2) is 8.78 Å². The molecule has 0 aliphatic heterocycles. The minimum atomic E-state index is -0.612. The second kappa shape index (κ2) is 7.64. The highest BCUT2D eigenvalue weighted by atomic mass is 79.9. The van der Waals surface area contributed by atoms with Gasteiger partial charge >= 0.3 is 0 Å². The molecule has 2 aromatic carbocycles. The van der Waals surface area contributed by atoms with Gasteiger partial charge in [0.2, 0.25) is 0 Å². The lowest BCUT2D eigenvalue weighted by atomic mass is 10.1. The number of benzene rings is 2. The first-order valence-corrected chi connectivity index (χ1v) is 7.41. The molecule has 0 saturated heterocycles. The number of halogens is 3. The zero-order valence-electron chi connectivity index (χ0n) is 11.3. The van der Waals surface area contributed by atoms with Crippen LogP contribution in [0.3, 0.4) is 0 Å². The van der Waals surface area contributed by atoms with E-state index in [1.165, 1.54) is 12.1 Å². The number of aliphatic hydroxyl groups is 1. The minimum Gasteiger partial charge on any atom is -0.395 e. The molecule has 0 heterocycles. The maximum Gasteiger partial charge on any atom is 0.144 e. The molecule has 5 heteroatoms. The van der Waals surface area contributed by atoms with Gasteiger partial charge in [0.25, 0.3) is 0 Å². The summed E-state index contributed by atoms with van der Waals surface area (Å²) in [7, 11) is 0. The molecular formula is C16H16BrF2NO. The Morgan fingerprint density at radius 3 is 2.48 bits per heavy atom. The van der Waals surface area contributed by atoms with Crippen molar-refractivity contribution >= 4 is 15.9 Å². The summed E-state index contributed by atoms with van der Waals surface area (Å²) in [5.41, 5.74) is 1.02. The topological polar surface area (TPSA) is 32.3 Å². The molecule has 0 aliphatic rings. The van der Waals surface area contributed by atoms with E-state index in [9.17, 15) is 13.9 Å². The molecular weight excluding hydrogens is 340 g/mol. The van der Waals surface area contributed by atoms with Gasteiger partial charge in [0, 0.05) is 18.2 Å². The average molecular weight is 356 g/mol. The number of hydrogen-bond donors (Lipinski definition) is 2. The van der Waals surface area contributed by atoms with Crippen molar-refractivity contribution in [1.29, 1.82) is 0 Å². The summed E-state index contributed by atoms with van der Waals surface area (Å²) >= 11 is 3.04. The normalized spacial score (nSPS) is 12.4. The summed E-state index contributed by atoms with van der Waals surface area (Å²) in [6.07, 6.45) is 0.592. The molecule has 2 N–H and O–H groups in total. The van der Waals surface area contributed by atoms with Gasteiger partial charge in [0.1, 0.15) is 11.6 Å². The van der Waals surface area contributed by atoms with Crippen LogP contribution in [0, 0.1) is 11.6 Å². The van der Waals surface area contributed by atoms with E-state index in [-0.39, 0.29) is 29.2 Å². The van der Waals surface area contributed by atoms with Crippen LogP contribution >= 0.6 is 15.9 Å².